The Hall–Kier alpha value is -0.530. The zero-order valence-corrected chi connectivity index (χ0v) is 8.85. The van der Waals surface area contributed by atoms with Crippen LogP contribution in [0.4, 0.5) is 0 Å². The molecule has 3 fully saturated rings. The monoisotopic (exact) mass is 207 g/mol. The molecule has 3 aliphatic carbocycles. The van der Waals surface area contributed by atoms with E-state index in [1.54, 1.807) is 0 Å². The Kier molecular flexibility index (Phi) is 1.58. The Morgan fingerprint density at radius 2 is 2.00 bits per heavy atom. The van der Waals surface area contributed by atoms with E-state index in [1.165, 1.54) is 24.8 Å². The number of halogens is 1. The molecule has 0 heterocycles. The highest BCUT2D eigenvalue weighted by Crippen LogP contribution is 2.73. The minimum Gasteiger partial charge on any atom is -0.330 e. The molecule has 2 heteroatoms. The van der Waals surface area contributed by atoms with E-state index in [9.17, 15) is 0 Å². The molecule has 0 saturated heterocycles. The summed E-state index contributed by atoms with van der Waals surface area (Å²) in [6.45, 7) is 0.856. The summed E-state index contributed by atoms with van der Waals surface area (Å²) < 4.78 is 0. The number of nitrogens with two attached hydrogens (primary N) is 1. The van der Waals surface area contributed by atoms with Crippen LogP contribution >= 0.6 is 11.6 Å². The zero-order valence-electron chi connectivity index (χ0n) is 8.09. The van der Waals surface area contributed by atoms with Crippen molar-refractivity contribution in [2.75, 3.05) is 6.54 Å². The number of hydrogen-bond donors (Lipinski definition) is 1. The maximum atomic E-state index is 5.99. The molecule has 2 N–H and O–H groups in total. The van der Waals surface area contributed by atoms with Crippen molar-refractivity contribution in [3.63, 3.8) is 0 Å². The van der Waals surface area contributed by atoms with Crippen molar-refractivity contribution in [1.82, 2.24) is 0 Å². The summed E-state index contributed by atoms with van der Waals surface area (Å²) in [5, 5.41) is 0.856. The average Bonchev–Trinajstić information content (AvgIpc) is 2.00. The molecule has 0 aliphatic heterocycles. The summed E-state index contributed by atoms with van der Waals surface area (Å²) in [5.41, 5.74) is 8.11. The fraction of sp³-hybridized carbons (Fsp3) is 0.500. The first-order chi connectivity index (χ1) is 6.68. The van der Waals surface area contributed by atoms with Crippen LogP contribution in [0.2, 0.25) is 5.02 Å². The molecule has 0 radical (unpaired) electrons. The van der Waals surface area contributed by atoms with Gasteiger partial charge in [0.25, 0.3) is 0 Å². The van der Waals surface area contributed by atoms with Gasteiger partial charge in [-0.2, -0.15) is 0 Å². The minimum atomic E-state index is 0.449. The summed E-state index contributed by atoms with van der Waals surface area (Å²) >= 11 is 5.99. The second-order valence-electron chi connectivity index (χ2n) is 5.03. The predicted molar refractivity (Wildman–Crippen MR) is 58.5 cm³/mol. The van der Waals surface area contributed by atoms with Gasteiger partial charge >= 0.3 is 0 Å². The van der Waals surface area contributed by atoms with Gasteiger partial charge in [-0.05, 0) is 54.3 Å². The molecule has 0 amide bonds. The summed E-state index contributed by atoms with van der Waals surface area (Å²) in [4.78, 5) is 0. The van der Waals surface area contributed by atoms with Gasteiger partial charge in [0, 0.05) is 5.02 Å². The van der Waals surface area contributed by atoms with E-state index in [4.69, 9.17) is 17.3 Å². The van der Waals surface area contributed by atoms with Crippen LogP contribution < -0.4 is 5.73 Å². The van der Waals surface area contributed by atoms with E-state index >= 15 is 0 Å². The lowest BCUT2D eigenvalue weighted by atomic mass is 9.33. The van der Waals surface area contributed by atoms with E-state index in [2.05, 4.69) is 12.1 Å². The highest BCUT2D eigenvalue weighted by atomic mass is 35.5. The minimum absolute atomic E-state index is 0.449. The van der Waals surface area contributed by atoms with Gasteiger partial charge in [0.1, 0.15) is 0 Å². The SMILES string of the molecule is NCC12CC(c3cccc(Cl)c3)(C1)C2. The van der Waals surface area contributed by atoms with Crippen molar-refractivity contribution in [2.45, 2.75) is 24.7 Å². The number of hydrogen-bond acceptors (Lipinski definition) is 1. The van der Waals surface area contributed by atoms with Crippen LogP contribution in [0.3, 0.4) is 0 Å². The first-order valence-corrected chi connectivity index (χ1v) is 5.52. The molecule has 3 saturated carbocycles. The molecule has 3 aliphatic rings. The van der Waals surface area contributed by atoms with Gasteiger partial charge < -0.3 is 5.73 Å². The number of benzene rings is 1. The van der Waals surface area contributed by atoms with E-state index < -0.39 is 0 Å². The van der Waals surface area contributed by atoms with Crippen LogP contribution in [0, 0.1) is 5.41 Å². The Bertz CT molecular complexity index is 366. The highest BCUT2D eigenvalue weighted by molar-refractivity contribution is 6.30. The van der Waals surface area contributed by atoms with E-state index in [-0.39, 0.29) is 0 Å². The molecule has 0 aromatic heterocycles. The zero-order chi connectivity index (χ0) is 9.81. The van der Waals surface area contributed by atoms with Crippen LogP contribution in [0.15, 0.2) is 24.3 Å². The third kappa shape index (κ3) is 0.945. The van der Waals surface area contributed by atoms with Crippen molar-refractivity contribution in [2.24, 2.45) is 11.1 Å². The Labute approximate surface area is 89.3 Å². The molecule has 1 aromatic rings. The molecular formula is C12H14ClN. The molecule has 1 nitrogen and oxygen atoms in total. The Morgan fingerprint density at radius 1 is 1.29 bits per heavy atom. The third-order valence-corrected chi connectivity index (χ3v) is 4.25. The van der Waals surface area contributed by atoms with Gasteiger partial charge in [-0.15, -0.1) is 0 Å². The van der Waals surface area contributed by atoms with Gasteiger partial charge in [-0.1, -0.05) is 23.7 Å². The molecule has 0 unspecified atom stereocenters. The van der Waals surface area contributed by atoms with Gasteiger partial charge in [0.05, 0.1) is 0 Å². The van der Waals surface area contributed by atoms with Crippen LogP contribution in [0.1, 0.15) is 24.8 Å². The molecule has 74 valence electrons. The van der Waals surface area contributed by atoms with Crippen molar-refractivity contribution in [1.29, 1.82) is 0 Å². The van der Waals surface area contributed by atoms with E-state index in [0.29, 0.717) is 10.8 Å². The topological polar surface area (TPSA) is 26.0 Å². The van der Waals surface area contributed by atoms with Crippen LogP contribution in [-0.4, -0.2) is 6.54 Å². The summed E-state index contributed by atoms with van der Waals surface area (Å²) in [6, 6.07) is 8.30. The Morgan fingerprint density at radius 3 is 2.57 bits per heavy atom. The maximum Gasteiger partial charge on any atom is 0.0408 e. The van der Waals surface area contributed by atoms with Crippen molar-refractivity contribution >= 4 is 11.6 Å². The molecule has 14 heavy (non-hydrogen) atoms. The second-order valence-corrected chi connectivity index (χ2v) is 5.46. The smallest absolute Gasteiger partial charge is 0.0408 e. The fourth-order valence-electron chi connectivity index (χ4n) is 3.34. The summed E-state index contributed by atoms with van der Waals surface area (Å²) in [5.74, 6) is 0. The van der Waals surface area contributed by atoms with Crippen molar-refractivity contribution in [3.8, 4) is 0 Å². The first-order valence-electron chi connectivity index (χ1n) is 5.14. The standard InChI is InChI=1S/C12H14ClN/c13-10-3-1-2-9(4-10)12-5-11(6-12,7-12)8-14/h1-4H,5-8,14H2. The molecule has 0 spiro atoms. The first kappa shape index (κ1) is 8.75. The van der Waals surface area contributed by atoms with Crippen molar-refractivity contribution < 1.29 is 0 Å². The molecule has 4 rings (SSSR count). The van der Waals surface area contributed by atoms with E-state index in [1.807, 2.05) is 12.1 Å². The Balaban J connectivity index is 1.87. The van der Waals surface area contributed by atoms with E-state index in [0.717, 1.165) is 11.6 Å². The van der Waals surface area contributed by atoms with Crippen LogP contribution in [0.25, 0.3) is 0 Å². The van der Waals surface area contributed by atoms with Gasteiger partial charge in [-0.3, -0.25) is 0 Å². The largest absolute Gasteiger partial charge is 0.330 e. The van der Waals surface area contributed by atoms with Crippen LogP contribution in [0.5, 0.6) is 0 Å². The highest BCUT2D eigenvalue weighted by Gasteiger charge is 2.67. The summed E-state index contributed by atoms with van der Waals surface area (Å²) in [7, 11) is 0. The van der Waals surface area contributed by atoms with Gasteiger partial charge in [0.15, 0.2) is 0 Å². The normalized spacial score (nSPS) is 38.7. The van der Waals surface area contributed by atoms with Gasteiger partial charge in [0.2, 0.25) is 0 Å². The third-order valence-electron chi connectivity index (χ3n) is 4.01. The second kappa shape index (κ2) is 2.53. The molecular weight excluding hydrogens is 194 g/mol. The predicted octanol–water partition coefficient (Wildman–Crippen LogP) is 2.72. The quantitative estimate of drug-likeness (QED) is 0.793. The fourth-order valence-corrected chi connectivity index (χ4v) is 3.53. The number of rotatable bonds is 2. The molecule has 1 aromatic carbocycles. The summed E-state index contributed by atoms with van der Waals surface area (Å²) in [6.07, 6.45) is 3.82. The maximum absolute atomic E-state index is 5.99. The van der Waals surface area contributed by atoms with Gasteiger partial charge in [-0.25, -0.2) is 0 Å². The lowest BCUT2D eigenvalue weighted by Crippen LogP contribution is -2.67. The van der Waals surface area contributed by atoms with Crippen LogP contribution in [-0.2, 0) is 5.41 Å². The molecule has 0 atom stereocenters. The lowest BCUT2D eigenvalue weighted by Gasteiger charge is -2.71. The lowest BCUT2D eigenvalue weighted by molar-refractivity contribution is -0.132. The van der Waals surface area contributed by atoms with Crippen molar-refractivity contribution in [3.05, 3.63) is 34.9 Å². The molecule has 2 bridgehead atoms. The average molecular weight is 208 g/mol.